The molecule has 0 aromatic carbocycles. The van der Waals surface area contributed by atoms with Gasteiger partial charge in [-0.2, -0.15) is 5.10 Å². The summed E-state index contributed by atoms with van der Waals surface area (Å²) in [5, 5.41) is 6.87. The average Bonchev–Trinajstić information content (AvgIpc) is 2.90. The Morgan fingerprint density at radius 3 is 3.12 bits per heavy atom. The minimum Gasteiger partial charge on any atom is -0.469 e. The first kappa shape index (κ1) is 11.4. The smallest absolute Gasteiger partial charge is 0.241 e. The highest BCUT2D eigenvalue weighted by Crippen LogP contribution is 2.03. The summed E-state index contributed by atoms with van der Waals surface area (Å²) in [5.41, 5.74) is 0. The van der Waals surface area contributed by atoms with E-state index in [-0.39, 0.29) is 18.5 Å². The van der Waals surface area contributed by atoms with Gasteiger partial charge in [-0.15, -0.1) is 0 Å². The molecule has 17 heavy (non-hydrogen) atoms. The predicted molar refractivity (Wildman–Crippen MR) is 62.2 cm³/mol. The third-order valence-corrected chi connectivity index (χ3v) is 2.36. The summed E-state index contributed by atoms with van der Waals surface area (Å²) in [6.07, 6.45) is 5.74. The highest BCUT2D eigenvalue weighted by molar-refractivity contribution is 5.75. The lowest BCUT2D eigenvalue weighted by Gasteiger charge is -2.12. The standard InChI is InChI=1S/C12H15N3O2/c1-10(8-11-4-2-7-17-11)14-12(16)9-15-6-3-5-13-15/h2-7,10H,8-9H2,1H3,(H,14,16)/t10-/m1/s1. The largest absolute Gasteiger partial charge is 0.469 e. The predicted octanol–water partition coefficient (Wildman–Crippen LogP) is 1.22. The van der Waals surface area contributed by atoms with Gasteiger partial charge in [0.2, 0.25) is 5.91 Å². The van der Waals surface area contributed by atoms with Crippen molar-refractivity contribution in [1.82, 2.24) is 15.1 Å². The number of nitrogens with one attached hydrogen (secondary N) is 1. The number of hydrogen-bond acceptors (Lipinski definition) is 3. The van der Waals surface area contributed by atoms with Crippen LogP contribution in [-0.4, -0.2) is 21.7 Å². The summed E-state index contributed by atoms with van der Waals surface area (Å²) < 4.78 is 6.81. The second kappa shape index (κ2) is 5.34. The Kier molecular flexibility index (Phi) is 3.59. The van der Waals surface area contributed by atoms with Crippen molar-refractivity contribution in [2.45, 2.75) is 25.9 Å². The molecule has 1 N–H and O–H groups in total. The Labute approximate surface area is 99.4 Å². The van der Waals surface area contributed by atoms with Gasteiger partial charge < -0.3 is 9.73 Å². The first-order valence-corrected chi connectivity index (χ1v) is 5.53. The summed E-state index contributed by atoms with van der Waals surface area (Å²) in [4.78, 5) is 11.6. The fraction of sp³-hybridized carbons (Fsp3) is 0.333. The van der Waals surface area contributed by atoms with Gasteiger partial charge in [-0.3, -0.25) is 9.48 Å². The zero-order chi connectivity index (χ0) is 12.1. The molecule has 1 atom stereocenters. The van der Waals surface area contributed by atoms with Crippen molar-refractivity contribution in [3.63, 3.8) is 0 Å². The van der Waals surface area contributed by atoms with Gasteiger partial charge in [-0.1, -0.05) is 0 Å². The topological polar surface area (TPSA) is 60.1 Å². The van der Waals surface area contributed by atoms with Crippen molar-refractivity contribution in [2.24, 2.45) is 0 Å². The van der Waals surface area contributed by atoms with E-state index in [2.05, 4.69) is 10.4 Å². The maximum absolute atomic E-state index is 11.6. The molecule has 0 bridgehead atoms. The van der Waals surface area contributed by atoms with E-state index in [0.717, 1.165) is 5.76 Å². The highest BCUT2D eigenvalue weighted by Gasteiger charge is 2.09. The van der Waals surface area contributed by atoms with Crippen LogP contribution in [0.3, 0.4) is 0 Å². The molecule has 0 saturated heterocycles. The lowest BCUT2D eigenvalue weighted by atomic mass is 10.2. The van der Waals surface area contributed by atoms with Crippen molar-refractivity contribution in [1.29, 1.82) is 0 Å². The van der Waals surface area contributed by atoms with Gasteiger partial charge in [0, 0.05) is 24.9 Å². The van der Waals surface area contributed by atoms with E-state index in [1.165, 1.54) is 0 Å². The molecule has 5 heteroatoms. The quantitative estimate of drug-likeness (QED) is 0.844. The van der Waals surface area contributed by atoms with Crippen LogP contribution in [-0.2, 0) is 17.8 Å². The molecule has 0 aliphatic carbocycles. The first-order valence-electron chi connectivity index (χ1n) is 5.53. The molecule has 0 radical (unpaired) electrons. The second-order valence-electron chi connectivity index (χ2n) is 3.96. The molecule has 2 aromatic heterocycles. The van der Waals surface area contributed by atoms with Crippen LogP contribution in [0.25, 0.3) is 0 Å². The van der Waals surface area contributed by atoms with E-state index >= 15 is 0 Å². The lowest BCUT2D eigenvalue weighted by molar-refractivity contribution is -0.122. The number of carbonyl (C=O) groups excluding carboxylic acids is 1. The van der Waals surface area contributed by atoms with Gasteiger partial charge in [0.05, 0.1) is 6.26 Å². The Bertz CT molecular complexity index is 448. The van der Waals surface area contributed by atoms with Gasteiger partial charge in [0.25, 0.3) is 0 Å². The molecule has 90 valence electrons. The van der Waals surface area contributed by atoms with Crippen LogP contribution in [0.15, 0.2) is 41.3 Å². The van der Waals surface area contributed by atoms with Gasteiger partial charge in [-0.05, 0) is 25.1 Å². The molecule has 2 heterocycles. The van der Waals surface area contributed by atoms with Crippen LogP contribution >= 0.6 is 0 Å². The van der Waals surface area contributed by atoms with Crippen molar-refractivity contribution in [3.05, 3.63) is 42.6 Å². The molecule has 1 amide bonds. The number of carbonyl (C=O) groups is 1. The molecule has 0 unspecified atom stereocenters. The monoisotopic (exact) mass is 233 g/mol. The third kappa shape index (κ3) is 3.48. The minimum atomic E-state index is -0.0484. The van der Waals surface area contributed by atoms with Crippen LogP contribution in [0.2, 0.25) is 0 Å². The van der Waals surface area contributed by atoms with Gasteiger partial charge in [-0.25, -0.2) is 0 Å². The summed E-state index contributed by atoms with van der Waals surface area (Å²) in [6.45, 7) is 2.19. The molecule has 2 aromatic rings. The molecule has 5 nitrogen and oxygen atoms in total. The average molecular weight is 233 g/mol. The molecular formula is C12H15N3O2. The number of aromatic nitrogens is 2. The zero-order valence-corrected chi connectivity index (χ0v) is 9.67. The molecular weight excluding hydrogens is 218 g/mol. The van der Waals surface area contributed by atoms with E-state index in [1.54, 1.807) is 29.4 Å². The maximum atomic E-state index is 11.6. The Morgan fingerprint density at radius 1 is 1.59 bits per heavy atom. The van der Waals surface area contributed by atoms with Gasteiger partial charge >= 0.3 is 0 Å². The summed E-state index contributed by atoms with van der Waals surface area (Å²) in [5.74, 6) is 0.824. The Balaban J connectivity index is 1.78. The summed E-state index contributed by atoms with van der Waals surface area (Å²) >= 11 is 0. The molecule has 0 fully saturated rings. The second-order valence-corrected chi connectivity index (χ2v) is 3.96. The number of nitrogens with zero attached hydrogens (tertiary/aromatic N) is 2. The van der Waals surface area contributed by atoms with Crippen molar-refractivity contribution < 1.29 is 9.21 Å². The van der Waals surface area contributed by atoms with Crippen LogP contribution < -0.4 is 5.32 Å². The molecule has 2 rings (SSSR count). The summed E-state index contributed by atoms with van der Waals surface area (Å²) in [7, 11) is 0. The lowest BCUT2D eigenvalue weighted by Crippen LogP contribution is -2.36. The highest BCUT2D eigenvalue weighted by atomic mass is 16.3. The van der Waals surface area contributed by atoms with E-state index in [9.17, 15) is 4.79 Å². The number of hydrogen-bond donors (Lipinski definition) is 1. The molecule has 0 aliphatic rings. The number of furan rings is 1. The first-order chi connectivity index (χ1) is 8.24. The van der Waals surface area contributed by atoms with Crippen molar-refractivity contribution in [3.8, 4) is 0 Å². The summed E-state index contributed by atoms with van der Waals surface area (Å²) in [6, 6.07) is 5.58. The number of amides is 1. The van der Waals surface area contributed by atoms with Crippen LogP contribution in [0, 0.1) is 0 Å². The maximum Gasteiger partial charge on any atom is 0.241 e. The van der Waals surface area contributed by atoms with E-state index in [4.69, 9.17) is 4.42 Å². The van der Waals surface area contributed by atoms with Gasteiger partial charge in [0.1, 0.15) is 12.3 Å². The SMILES string of the molecule is C[C@H](Cc1ccco1)NC(=O)Cn1cccn1. The zero-order valence-electron chi connectivity index (χ0n) is 9.67. The molecule has 0 spiro atoms. The molecule has 0 aliphatic heterocycles. The minimum absolute atomic E-state index is 0.0456. The van der Waals surface area contributed by atoms with Crippen molar-refractivity contribution >= 4 is 5.91 Å². The van der Waals surface area contributed by atoms with Crippen LogP contribution in [0.4, 0.5) is 0 Å². The number of rotatable bonds is 5. The van der Waals surface area contributed by atoms with Gasteiger partial charge in [0.15, 0.2) is 0 Å². The molecule has 0 saturated carbocycles. The normalized spacial score (nSPS) is 12.3. The van der Waals surface area contributed by atoms with E-state index < -0.39 is 0 Å². The Hall–Kier alpha value is -2.04. The van der Waals surface area contributed by atoms with E-state index in [0.29, 0.717) is 6.42 Å². The third-order valence-electron chi connectivity index (χ3n) is 2.36. The fourth-order valence-electron chi connectivity index (χ4n) is 1.64. The fourth-order valence-corrected chi connectivity index (χ4v) is 1.64. The Morgan fingerprint density at radius 2 is 2.47 bits per heavy atom. The van der Waals surface area contributed by atoms with Crippen LogP contribution in [0.1, 0.15) is 12.7 Å². The van der Waals surface area contributed by atoms with Crippen LogP contribution in [0.5, 0.6) is 0 Å². The van der Waals surface area contributed by atoms with E-state index in [1.807, 2.05) is 19.1 Å². The van der Waals surface area contributed by atoms with Crippen molar-refractivity contribution in [2.75, 3.05) is 0 Å².